The molecule has 0 aliphatic heterocycles. The smallest absolute Gasteiger partial charge is 0.150 e. The van der Waals surface area contributed by atoms with E-state index in [1.807, 2.05) is 31.4 Å². The molecule has 0 fully saturated rings. The number of halogens is 2. The van der Waals surface area contributed by atoms with Crippen LogP contribution in [0.15, 0.2) is 42.5 Å². The molecule has 0 aliphatic carbocycles. The lowest BCUT2D eigenvalue weighted by Gasteiger charge is -2.11. The monoisotopic (exact) mass is 378 g/mol. The predicted octanol–water partition coefficient (Wildman–Crippen LogP) is 5.68. The van der Waals surface area contributed by atoms with E-state index < -0.39 is 0 Å². The molecule has 6 heteroatoms. The fourth-order valence-electron chi connectivity index (χ4n) is 3.38. The number of nitrogens with one attached hydrogen (secondary N) is 1. The van der Waals surface area contributed by atoms with Gasteiger partial charge in [-0.1, -0.05) is 6.07 Å². The van der Waals surface area contributed by atoms with Crippen LogP contribution in [-0.2, 0) is 0 Å². The number of fused-ring (bicyclic) bond motifs is 1. The largest absolute Gasteiger partial charge is 0.339 e. The molecule has 2 aromatic carbocycles. The van der Waals surface area contributed by atoms with Crippen LogP contribution in [0, 0.1) is 39.3 Å². The maximum Gasteiger partial charge on any atom is 0.150 e. The van der Waals surface area contributed by atoms with Crippen LogP contribution in [0.1, 0.15) is 22.6 Å². The SMILES string of the molecule is Cc1nc(Nc2ccc(C)c(F)c2)c2c(C)c(C)n(-c3ccc(F)cc3)c2n1. The summed E-state index contributed by atoms with van der Waals surface area (Å²) in [6.45, 7) is 7.53. The van der Waals surface area contributed by atoms with Crippen LogP contribution in [0.5, 0.6) is 0 Å². The number of aromatic nitrogens is 3. The molecule has 0 bridgehead atoms. The Morgan fingerprint density at radius 2 is 1.61 bits per heavy atom. The van der Waals surface area contributed by atoms with E-state index in [0.717, 1.165) is 28.0 Å². The van der Waals surface area contributed by atoms with Gasteiger partial charge < -0.3 is 5.32 Å². The van der Waals surface area contributed by atoms with E-state index in [4.69, 9.17) is 0 Å². The summed E-state index contributed by atoms with van der Waals surface area (Å²) < 4.78 is 29.3. The van der Waals surface area contributed by atoms with Crippen molar-refractivity contribution in [2.24, 2.45) is 0 Å². The third-order valence-electron chi connectivity index (χ3n) is 4.99. The van der Waals surface area contributed by atoms with Gasteiger partial charge in [-0.25, -0.2) is 18.7 Å². The molecular formula is C22H20F2N4. The standard InChI is InChI=1S/C22H20F2N4/c1-12-5-8-17(11-19(12)24)27-21-20-13(2)14(3)28(22(20)26-15(4)25-21)18-9-6-16(23)7-10-18/h5-11H,1-4H3,(H,25,26,27). The van der Waals surface area contributed by atoms with E-state index in [0.29, 0.717) is 22.9 Å². The molecule has 0 saturated heterocycles. The minimum Gasteiger partial charge on any atom is -0.339 e. The van der Waals surface area contributed by atoms with Crippen molar-refractivity contribution in [3.05, 3.63) is 76.7 Å². The highest BCUT2D eigenvalue weighted by Gasteiger charge is 2.19. The van der Waals surface area contributed by atoms with E-state index in [1.165, 1.54) is 18.2 Å². The molecule has 0 aliphatic rings. The molecule has 0 amide bonds. The van der Waals surface area contributed by atoms with Crippen molar-refractivity contribution >= 4 is 22.5 Å². The van der Waals surface area contributed by atoms with E-state index in [9.17, 15) is 8.78 Å². The van der Waals surface area contributed by atoms with E-state index >= 15 is 0 Å². The molecule has 4 aromatic rings. The second-order valence-electron chi connectivity index (χ2n) is 6.93. The fraction of sp³-hybridized carbons (Fsp3) is 0.182. The summed E-state index contributed by atoms with van der Waals surface area (Å²) in [6, 6.07) is 11.3. The van der Waals surface area contributed by atoms with Crippen molar-refractivity contribution in [1.82, 2.24) is 14.5 Å². The first-order valence-electron chi connectivity index (χ1n) is 9.00. The Hall–Kier alpha value is -3.28. The normalized spacial score (nSPS) is 11.2. The van der Waals surface area contributed by atoms with Crippen molar-refractivity contribution in [3.63, 3.8) is 0 Å². The summed E-state index contributed by atoms with van der Waals surface area (Å²) in [5, 5.41) is 4.09. The summed E-state index contributed by atoms with van der Waals surface area (Å²) in [5.74, 6) is 0.642. The molecule has 2 aromatic heterocycles. The Kier molecular flexibility index (Phi) is 4.34. The van der Waals surface area contributed by atoms with Gasteiger partial charge in [0.1, 0.15) is 23.3 Å². The van der Waals surface area contributed by atoms with Crippen molar-refractivity contribution in [1.29, 1.82) is 0 Å². The average molecular weight is 378 g/mol. The second-order valence-corrected chi connectivity index (χ2v) is 6.93. The number of anilines is 2. The van der Waals surface area contributed by atoms with Crippen LogP contribution in [-0.4, -0.2) is 14.5 Å². The third kappa shape index (κ3) is 3.01. The summed E-state index contributed by atoms with van der Waals surface area (Å²) in [5.41, 5.74) is 4.75. The van der Waals surface area contributed by atoms with Crippen LogP contribution in [0.4, 0.5) is 20.3 Å². The molecule has 0 saturated carbocycles. The zero-order chi connectivity index (χ0) is 20.0. The first-order chi connectivity index (χ1) is 13.3. The molecule has 28 heavy (non-hydrogen) atoms. The minimum absolute atomic E-state index is 0.274. The van der Waals surface area contributed by atoms with Gasteiger partial charge in [-0.05, 0) is 75.2 Å². The Morgan fingerprint density at radius 1 is 0.893 bits per heavy atom. The lowest BCUT2D eigenvalue weighted by atomic mass is 10.2. The fourth-order valence-corrected chi connectivity index (χ4v) is 3.38. The molecule has 142 valence electrons. The number of hydrogen-bond donors (Lipinski definition) is 1. The summed E-state index contributed by atoms with van der Waals surface area (Å²) in [4.78, 5) is 9.19. The van der Waals surface area contributed by atoms with Gasteiger partial charge in [-0.15, -0.1) is 0 Å². The van der Waals surface area contributed by atoms with Crippen molar-refractivity contribution < 1.29 is 8.78 Å². The van der Waals surface area contributed by atoms with Crippen LogP contribution in [0.2, 0.25) is 0 Å². The lowest BCUT2D eigenvalue weighted by Crippen LogP contribution is -2.02. The van der Waals surface area contributed by atoms with Crippen molar-refractivity contribution in [2.45, 2.75) is 27.7 Å². The topological polar surface area (TPSA) is 42.7 Å². The van der Waals surface area contributed by atoms with Crippen LogP contribution < -0.4 is 5.32 Å². The average Bonchev–Trinajstić information content (AvgIpc) is 2.90. The molecule has 1 N–H and O–H groups in total. The summed E-state index contributed by atoms with van der Waals surface area (Å²) >= 11 is 0. The van der Waals surface area contributed by atoms with Crippen LogP contribution >= 0.6 is 0 Å². The molecule has 4 nitrogen and oxygen atoms in total. The Bertz CT molecular complexity index is 1190. The first kappa shape index (κ1) is 18.1. The number of rotatable bonds is 3. The minimum atomic E-state index is -0.288. The second kappa shape index (κ2) is 6.71. The third-order valence-corrected chi connectivity index (χ3v) is 4.99. The maximum absolute atomic E-state index is 14.0. The molecule has 0 spiro atoms. The van der Waals surface area contributed by atoms with Gasteiger partial charge in [0.2, 0.25) is 0 Å². The van der Waals surface area contributed by atoms with Gasteiger partial charge in [-0.2, -0.15) is 0 Å². The zero-order valence-electron chi connectivity index (χ0n) is 16.1. The van der Waals surface area contributed by atoms with E-state index in [-0.39, 0.29) is 11.6 Å². The zero-order valence-corrected chi connectivity index (χ0v) is 16.1. The van der Waals surface area contributed by atoms with Gasteiger partial charge >= 0.3 is 0 Å². The molecule has 0 atom stereocenters. The maximum atomic E-state index is 14.0. The molecule has 2 heterocycles. The Balaban J connectivity index is 1.92. The predicted molar refractivity (Wildman–Crippen MR) is 107 cm³/mol. The highest BCUT2D eigenvalue weighted by Crippen LogP contribution is 2.33. The number of nitrogens with zero attached hydrogens (tertiary/aromatic N) is 3. The summed E-state index contributed by atoms with van der Waals surface area (Å²) in [7, 11) is 0. The van der Waals surface area contributed by atoms with Gasteiger partial charge in [0, 0.05) is 17.1 Å². The number of aryl methyl sites for hydroxylation is 3. The lowest BCUT2D eigenvalue weighted by molar-refractivity contribution is 0.619. The summed E-state index contributed by atoms with van der Waals surface area (Å²) in [6.07, 6.45) is 0. The molecular weight excluding hydrogens is 358 g/mol. The van der Waals surface area contributed by atoms with Crippen molar-refractivity contribution in [2.75, 3.05) is 5.32 Å². The van der Waals surface area contributed by atoms with Crippen LogP contribution in [0.3, 0.4) is 0 Å². The Labute approximate surface area is 161 Å². The highest BCUT2D eigenvalue weighted by molar-refractivity contribution is 5.94. The van der Waals surface area contributed by atoms with Crippen LogP contribution in [0.25, 0.3) is 16.7 Å². The van der Waals surface area contributed by atoms with Gasteiger partial charge in [0.15, 0.2) is 5.65 Å². The van der Waals surface area contributed by atoms with Crippen molar-refractivity contribution in [3.8, 4) is 5.69 Å². The van der Waals surface area contributed by atoms with E-state index in [1.54, 1.807) is 25.1 Å². The Morgan fingerprint density at radius 3 is 2.29 bits per heavy atom. The molecule has 4 rings (SSSR count). The molecule has 0 unspecified atom stereocenters. The first-order valence-corrected chi connectivity index (χ1v) is 9.00. The highest BCUT2D eigenvalue weighted by atomic mass is 19.1. The number of hydrogen-bond acceptors (Lipinski definition) is 3. The van der Waals surface area contributed by atoms with Gasteiger partial charge in [0.25, 0.3) is 0 Å². The number of benzene rings is 2. The van der Waals surface area contributed by atoms with E-state index in [2.05, 4.69) is 15.3 Å². The van der Waals surface area contributed by atoms with Gasteiger partial charge in [-0.3, -0.25) is 4.57 Å². The quantitative estimate of drug-likeness (QED) is 0.499. The van der Waals surface area contributed by atoms with Gasteiger partial charge in [0.05, 0.1) is 5.39 Å². The molecule has 0 radical (unpaired) electrons.